The van der Waals surface area contributed by atoms with E-state index in [1.165, 1.54) is 218 Å². The van der Waals surface area contributed by atoms with Gasteiger partial charge in [0.05, 0.1) is 6.42 Å². The van der Waals surface area contributed by atoms with Gasteiger partial charge in [0.2, 0.25) is 0 Å². The van der Waals surface area contributed by atoms with Crippen LogP contribution in [0.25, 0.3) is 0 Å². The number of allylic oxidation sites excluding steroid dienone is 17. The van der Waals surface area contributed by atoms with Gasteiger partial charge in [0.1, 0.15) is 13.2 Å². The van der Waals surface area contributed by atoms with Crippen molar-refractivity contribution >= 4 is 17.9 Å². The first-order valence-electron chi connectivity index (χ1n) is 35.4. The fourth-order valence-corrected chi connectivity index (χ4v) is 9.99. The maximum absolute atomic E-state index is 13.0. The Hall–Kier alpha value is -3.93. The summed E-state index contributed by atoms with van der Waals surface area (Å²) in [6.45, 7) is 6.45. The molecule has 0 bridgehead atoms. The van der Waals surface area contributed by atoms with Gasteiger partial charge in [0.15, 0.2) is 6.10 Å². The van der Waals surface area contributed by atoms with E-state index in [9.17, 15) is 14.4 Å². The van der Waals surface area contributed by atoms with Crippen LogP contribution < -0.4 is 0 Å². The molecule has 6 heteroatoms. The van der Waals surface area contributed by atoms with Gasteiger partial charge in [0, 0.05) is 12.8 Å². The summed E-state index contributed by atoms with van der Waals surface area (Å²) in [5.74, 6) is -1.03. The van der Waals surface area contributed by atoms with Crippen molar-refractivity contribution in [1.82, 2.24) is 0 Å². The zero-order chi connectivity index (χ0) is 59.9. The van der Waals surface area contributed by atoms with Gasteiger partial charge in [-0.2, -0.15) is 0 Å². The normalized spacial score (nSPS) is 12.8. The highest BCUT2D eigenvalue weighted by Gasteiger charge is 2.19. The SMILES string of the molecule is CC/C=C\C/C=C\C/C=C\C/C=C\C/C=C\CC(=O)OCC(COC(=O)CCCCCCCCCCCCCCC/C=C\C/C=C\CCCCCCC)OC(=O)CCCCCCCCCCCCCCC/C=C\C/C=C\CCCCCCC. The van der Waals surface area contributed by atoms with E-state index in [1.54, 1.807) is 6.08 Å². The van der Waals surface area contributed by atoms with Crippen molar-refractivity contribution < 1.29 is 28.6 Å². The first-order chi connectivity index (χ1) is 41.0. The quantitative estimate of drug-likeness (QED) is 0.0261. The van der Waals surface area contributed by atoms with Crippen LogP contribution in [0.15, 0.2) is 109 Å². The summed E-state index contributed by atoms with van der Waals surface area (Å²) in [6, 6.07) is 0. The highest BCUT2D eigenvalue weighted by molar-refractivity contribution is 5.72. The summed E-state index contributed by atoms with van der Waals surface area (Å²) in [7, 11) is 0. The minimum Gasteiger partial charge on any atom is -0.462 e. The fraction of sp³-hybridized carbons (Fsp3) is 0.727. The molecule has 0 aliphatic heterocycles. The van der Waals surface area contributed by atoms with Gasteiger partial charge >= 0.3 is 17.9 Å². The number of unbranched alkanes of at least 4 members (excludes halogenated alkanes) is 36. The standard InChI is InChI=1S/C77H132O6/c1-4-7-10-13-16-19-22-25-28-30-32-34-36-38-40-42-44-46-49-52-55-58-61-64-67-70-76(79)82-73-74(72-81-75(78)69-66-63-60-57-54-51-48-27-24-21-18-15-12-9-6-3)83-77(80)71-68-65-62-59-56-53-50-47-45-43-41-39-37-35-33-31-29-26-23-20-17-14-11-8-5-2/h9,12,18,21-23,25-27,30-33,48,54,57,63,66,74H,4-8,10-11,13-17,19-20,24,28-29,34-47,49-53,55-56,58-62,64-65,67-73H2,1-3H3/b12-9-,21-18-,25-22-,26-23-,32-30-,33-31-,48-27-,57-54-,66-63-. The maximum Gasteiger partial charge on any atom is 0.309 e. The van der Waals surface area contributed by atoms with Gasteiger partial charge in [-0.3, -0.25) is 14.4 Å². The van der Waals surface area contributed by atoms with E-state index in [4.69, 9.17) is 14.2 Å². The highest BCUT2D eigenvalue weighted by Crippen LogP contribution is 2.17. The van der Waals surface area contributed by atoms with E-state index in [0.29, 0.717) is 12.8 Å². The van der Waals surface area contributed by atoms with E-state index in [1.807, 2.05) is 6.08 Å². The first kappa shape index (κ1) is 79.1. The van der Waals surface area contributed by atoms with Crippen molar-refractivity contribution in [2.24, 2.45) is 0 Å². The number of esters is 3. The predicted octanol–water partition coefficient (Wildman–Crippen LogP) is 24.6. The van der Waals surface area contributed by atoms with Crippen LogP contribution in [0.5, 0.6) is 0 Å². The maximum atomic E-state index is 13.0. The summed E-state index contributed by atoms with van der Waals surface area (Å²) in [6.07, 6.45) is 97.1. The molecule has 1 atom stereocenters. The largest absolute Gasteiger partial charge is 0.462 e. The fourth-order valence-electron chi connectivity index (χ4n) is 9.99. The summed E-state index contributed by atoms with van der Waals surface area (Å²) >= 11 is 0. The molecule has 0 N–H and O–H groups in total. The minimum atomic E-state index is -0.822. The molecular weight excluding hydrogens is 1020 g/mol. The molecule has 0 saturated heterocycles. The Bertz CT molecular complexity index is 1660. The van der Waals surface area contributed by atoms with E-state index in [-0.39, 0.29) is 31.6 Å². The third-order valence-corrected chi connectivity index (χ3v) is 15.3. The zero-order valence-corrected chi connectivity index (χ0v) is 54.7. The number of hydrogen-bond acceptors (Lipinski definition) is 6. The van der Waals surface area contributed by atoms with Crippen LogP contribution in [0, 0.1) is 0 Å². The Morgan fingerprint density at radius 2 is 0.518 bits per heavy atom. The van der Waals surface area contributed by atoms with Crippen molar-refractivity contribution in [3.05, 3.63) is 109 Å². The molecule has 0 radical (unpaired) electrons. The second-order valence-electron chi connectivity index (χ2n) is 23.4. The first-order valence-corrected chi connectivity index (χ1v) is 35.4. The average Bonchev–Trinajstić information content (AvgIpc) is 3.49. The molecule has 0 fully saturated rings. The van der Waals surface area contributed by atoms with Crippen LogP contribution in [0.1, 0.15) is 342 Å². The molecule has 0 aromatic rings. The van der Waals surface area contributed by atoms with E-state index < -0.39 is 12.1 Å². The van der Waals surface area contributed by atoms with Crippen molar-refractivity contribution in [1.29, 1.82) is 0 Å². The van der Waals surface area contributed by atoms with E-state index in [2.05, 4.69) is 118 Å². The number of carbonyl (C=O) groups excluding carboxylic acids is 3. The lowest BCUT2D eigenvalue weighted by Gasteiger charge is -2.18. The van der Waals surface area contributed by atoms with Gasteiger partial charge in [0.25, 0.3) is 0 Å². The predicted molar refractivity (Wildman–Crippen MR) is 362 cm³/mol. The lowest BCUT2D eigenvalue weighted by molar-refractivity contribution is -0.166. The number of hydrogen-bond donors (Lipinski definition) is 0. The van der Waals surface area contributed by atoms with Crippen molar-refractivity contribution in [2.45, 2.75) is 348 Å². The molecule has 83 heavy (non-hydrogen) atoms. The van der Waals surface area contributed by atoms with Crippen LogP contribution in [-0.4, -0.2) is 37.2 Å². The van der Waals surface area contributed by atoms with Crippen LogP contribution in [-0.2, 0) is 28.6 Å². The van der Waals surface area contributed by atoms with Gasteiger partial charge in [-0.15, -0.1) is 0 Å². The zero-order valence-electron chi connectivity index (χ0n) is 54.7. The molecule has 0 spiro atoms. The Labute approximate surface area is 514 Å². The van der Waals surface area contributed by atoms with Crippen molar-refractivity contribution in [2.75, 3.05) is 13.2 Å². The molecular formula is C77H132O6. The van der Waals surface area contributed by atoms with Gasteiger partial charge in [-0.05, 0) is 109 Å². The summed E-state index contributed by atoms with van der Waals surface area (Å²) in [5.41, 5.74) is 0. The van der Waals surface area contributed by atoms with E-state index in [0.717, 1.165) is 83.5 Å². The van der Waals surface area contributed by atoms with Crippen LogP contribution in [0.4, 0.5) is 0 Å². The Morgan fingerprint density at radius 1 is 0.265 bits per heavy atom. The number of rotatable bonds is 64. The molecule has 0 rings (SSSR count). The lowest BCUT2D eigenvalue weighted by atomic mass is 10.0. The molecule has 0 amide bonds. The Kier molecular flexibility index (Phi) is 67.2. The van der Waals surface area contributed by atoms with Gasteiger partial charge in [-0.25, -0.2) is 0 Å². The molecule has 6 nitrogen and oxygen atoms in total. The van der Waals surface area contributed by atoms with Crippen molar-refractivity contribution in [3.8, 4) is 0 Å². The van der Waals surface area contributed by atoms with Crippen LogP contribution in [0.2, 0.25) is 0 Å². The second-order valence-corrected chi connectivity index (χ2v) is 23.4. The Morgan fingerprint density at radius 3 is 0.843 bits per heavy atom. The monoisotopic (exact) mass is 1150 g/mol. The van der Waals surface area contributed by atoms with Gasteiger partial charge < -0.3 is 14.2 Å². The van der Waals surface area contributed by atoms with Crippen molar-refractivity contribution in [3.63, 3.8) is 0 Å². The smallest absolute Gasteiger partial charge is 0.309 e. The molecule has 1 unspecified atom stereocenters. The molecule has 0 saturated carbocycles. The number of carbonyl (C=O) groups is 3. The summed E-state index contributed by atoms with van der Waals surface area (Å²) in [4.78, 5) is 38.4. The van der Waals surface area contributed by atoms with E-state index >= 15 is 0 Å². The third-order valence-electron chi connectivity index (χ3n) is 15.3. The van der Waals surface area contributed by atoms with Crippen LogP contribution >= 0.6 is 0 Å². The topological polar surface area (TPSA) is 78.9 Å². The third kappa shape index (κ3) is 68.7. The highest BCUT2D eigenvalue weighted by atomic mass is 16.6. The summed E-state index contributed by atoms with van der Waals surface area (Å²) < 4.78 is 16.9. The molecule has 0 aliphatic rings. The molecule has 0 heterocycles. The molecule has 0 aromatic carbocycles. The molecule has 476 valence electrons. The summed E-state index contributed by atoms with van der Waals surface area (Å²) in [5, 5.41) is 0. The minimum absolute atomic E-state index is 0.108. The van der Waals surface area contributed by atoms with Crippen LogP contribution in [0.3, 0.4) is 0 Å². The lowest BCUT2D eigenvalue weighted by Crippen LogP contribution is -2.30. The molecule has 0 aliphatic carbocycles. The number of ether oxygens (including phenoxy) is 3. The van der Waals surface area contributed by atoms with Gasteiger partial charge in [-0.1, -0.05) is 323 Å². The Balaban J connectivity index is 4.36. The molecule has 0 aromatic heterocycles. The average molecular weight is 1150 g/mol. The second kappa shape index (κ2) is 70.6.